The van der Waals surface area contributed by atoms with Crippen molar-refractivity contribution in [3.05, 3.63) is 70.9 Å². The molecule has 0 saturated carbocycles. The molecule has 1 fully saturated rings. The second-order valence-electron chi connectivity index (χ2n) is 8.35. The maximum absolute atomic E-state index is 12.9. The van der Waals surface area contributed by atoms with E-state index in [9.17, 15) is 18.8 Å². The number of nitrogens with zero attached hydrogens (tertiary/aromatic N) is 3. The minimum Gasteiger partial charge on any atom is -0.493 e. The van der Waals surface area contributed by atoms with Gasteiger partial charge in [0.25, 0.3) is 10.0 Å². The number of aliphatic hydroxyl groups is 1. The first kappa shape index (κ1) is 25.6. The zero-order valence-electron chi connectivity index (χ0n) is 19.7. The van der Waals surface area contributed by atoms with Gasteiger partial charge in [0.1, 0.15) is 11.9 Å². The number of hydrogen-bond acceptors (Lipinski definition) is 8. The third-order valence-corrected chi connectivity index (χ3v) is 7.81. The van der Waals surface area contributed by atoms with Crippen LogP contribution >= 0.6 is 11.6 Å². The molecule has 0 atom stereocenters. The Kier molecular flexibility index (Phi) is 7.26. The number of nitriles is 1. The van der Waals surface area contributed by atoms with Crippen molar-refractivity contribution in [2.45, 2.75) is 23.3 Å². The predicted octanol–water partition coefficient (Wildman–Crippen LogP) is 3.91. The Bertz CT molecular complexity index is 1400. The highest BCUT2D eigenvalue weighted by Crippen LogP contribution is 2.36. The lowest BCUT2D eigenvalue weighted by atomic mass is 9.84. The predicted molar refractivity (Wildman–Crippen MR) is 136 cm³/mol. The van der Waals surface area contributed by atoms with Crippen molar-refractivity contribution in [2.75, 3.05) is 36.9 Å². The van der Waals surface area contributed by atoms with Crippen LogP contribution in [0.15, 0.2) is 59.6 Å². The molecule has 0 unspecified atom stereocenters. The normalized spacial score (nSPS) is 15.1. The number of ether oxygens (including phenoxy) is 2. The van der Waals surface area contributed by atoms with E-state index in [0.29, 0.717) is 42.5 Å². The van der Waals surface area contributed by atoms with Crippen molar-refractivity contribution in [1.82, 2.24) is 4.98 Å². The lowest BCUT2D eigenvalue weighted by molar-refractivity contribution is 0.0116. The number of anilines is 2. The summed E-state index contributed by atoms with van der Waals surface area (Å²) < 4.78 is 38.6. The molecule has 188 valence electrons. The summed E-state index contributed by atoms with van der Waals surface area (Å²) in [6.07, 6.45) is 2.25. The van der Waals surface area contributed by atoms with Crippen molar-refractivity contribution in [2.24, 2.45) is 0 Å². The number of pyridine rings is 1. The fraction of sp³-hybridized carbons (Fsp3) is 0.280. The summed E-state index contributed by atoms with van der Waals surface area (Å²) in [6, 6.07) is 14.9. The van der Waals surface area contributed by atoms with Crippen molar-refractivity contribution in [3.8, 4) is 17.6 Å². The highest BCUT2D eigenvalue weighted by molar-refractivity contribution is 7.92. The molecule has 2 N–H and O–H groups in total. The van der Waals surface area contributed by atoms with Crippen LogP contribution in [-0.2, 0) is 15.6 Å². The fourth-order valence-electron chi connectivity index (χ4n) is 4.18. The highest BCUT2D eigenvalue weighted by atomic mass is 35.5. The van der Waals surface area contributed by atoms with Crippen molar-refractivity contribution >= 4 is 33.1 Å². The SMILES string of the molecule is COc1ccc(S(=O)(=O)Nc2cnc(N3CCC(O)(c4ccc(Cl)cc4)CC3)c(C#N)c2)cc1OC. The molecule has 1 saturated heterocycles. The number of piperidine rings is 1. The molecule has 1 aliphatic rings. The molecule has 0 amide bonds. The van der Waals surface area contributed by atoms with Crippen LogP contribution in [0.3, 0.4) is 0 Å². The standard InChI is InChI=1S/C25H25ClN4O5S/c1-34-22-8-7-21(14-23(22)35-2)36(32,33)29-20-13-17(15-27)24(28-16-20)30-11-9-25(31,10-12-30)18-3-5-19(26)6-4-18/h3-8,13-14,16,29,31H,9-12H2,1-2H3. The Morgan fingerprint density at radius 2 is 1.75 bits per heavy atom. The Morgan fingerprint density at radius 1 is 1.08 bits per heavy atom. The van der Waals surface area contributed by atoms with Gasteiger partial charge in [-0.2, -0.15) is 5.26 Å². The van der Waals surface area contributed by atoms with E-state index in [2.05, 4.69) is 15.8 Å². The van der Waals surface area contributed by atoms with E-state index in [-0.39, 0.29) is 21.9 Å². The molecule has 11 heteroatoms. The van der Waals surface area contributed by atoms with Gasteiger partial charge in [-0.3, -0.25) is 4.72 Å². The van der Waals surface area contributed by atoms with Crippen LogP contribution in [-0.4, -0.2) is 45.8 Å². The molecule has 0 radical (unpaired) electrons. The zero-order valence-corrected chi connectivity index (χ0v) is 21.3. The number of rotatable bonds is 7. The summed E-state index contributed by atoms with van der Waals surface area (Å²) in [5.74, 6) is 1.11. The van der Waals surface area contributed by atoms with Crippen LogP contribution in [0.25, 0.3) is 0 Å². The third-order valence-electron chi connectivity index (χ3n) is 6.18. The summed E-state index contributed by atoms with van der Waals surface area (Å²) in [6.45, 7) is 0.940. The Balaban J connectivity index is 1.51. The molecular weight excluding hydrogens is 504 g/mol. The van der Waals surface area contributed by atoms with Gasteiger partial charge in [0.2, 0.25) is 0 Å². The van der Waals surface area contributed by atoms with Crippen molar-refractivity contribution in [1.29, 1.82) is 5.26 Å². The smallest absolute Gasteiger partial charge is 0.262 e. The average Bonchev–Trinajstić information content (AvgIpc) is 2.88. The third kappa shape index (κ3) is 5.18. The molecule has 1 aliphatic heterocycles. The molecule has 2 aromatic carbocycles. The topological polar surface area (TPSA) is 125 Å². The van der Waals surface area contributed by atoms with Gasteiger partial charge in [-0.25, -0.2) is 13.4 Å². The van der Waals surface area contributed by atoms with Crippen LogP contribution in [0.1, 0.15) is 24.0 Å². The largest absolute Gasteiger partial charge is 0.493 e. The number of sulfonamides is 1. The second kappa shape index (κ2) is 10.2. The van der Waals surface area contributed by atoms with Gasteiger partial charge >= 0.3 is 0 Å². The van der Waals surface area contributed by atoms with Gasteiger partial charge < -0.3 is 19.5 Å². The van der Waals surface area contributed by atoms with Gasteiger partial charge in [0, 0.05) is 24.2 Å². The summed E-state index contributed by atoms with van der Waals surface area (Å²) >= 11 is 5.96. The summed E-state index contributed by atoms with van der Waals surface area (Å²) in [4.78, 5) is 6.26. The fourth-order valence-corrected chi connectivity index (χ4v) is 5.36. The van der Waals surface area contributed by atoms with E-state index in [1.807, 2.05) is 17.0 Å². The van der Waals surface area contributed by atoms with Gasteiger partial charge in [-0.15, -0.1) is 0 Å². The summed E-state index contributed by atoms with van der Waals surface area (Å²) in [7, 11) is -1.10. The van der Waals surface area contributed by atoms with Gasteiger partial charge in [-0.1, -0.05) is 23.7 Å². The van der Waals surface area contributed by atoms with E-state index < -0.39 is 15.6 Å². The molecule has 0 aliphatic carbocycles. The van der Waals surface area contributed by atoms with Gasteiger partial charge in [0.15, 0.2) is 11.5 Å². The molecule has 4 rings (SSSR count). The number of nitrogens with one attached hydrogen (secondary N) is 1. The molecule has 36 heavy (non-hydrogen) atoms. The van der Waals surface area contributed by atoms with Crippen molar-refractivity contribution in [3.63, 3.8) is 0 Å². The number of benzene rings is 2. The first-order chi connectivity index (χ1) is 17.2. The second-order valence-corrected chi connectivity index (χ2v) is 10.5. The first-order valence-corrected chi connectivity index (χ1v) is 12.9. The number of methoxy groups -OCH3 is 2. The number of hydrogen-bond donors (Lipinski definition) is 2. The molecule has 9 nitrogen and oxygen atoms in total. The highest BCUT2D eigenvalue weighted by Gasteiger charge is 2.35. The lowest BCUT2D eigenvalue weighted by Crippen LogP contribution is -2.43. The molecular formula is C25H25ClN4O5S. The van der Waals surface area contributed by atoms with Gasteiger partial charge in [-0.05, 0) is 48.7 Å². The molecule has 0 bridgehead atoms. The summed E-state index contributed by atoms with van der Waals surface area (Å²) in [5.41, 5.74) is 0.169. The van der Waals surface area contributed by atoms with E-state index in [1.54, 1.807) is 12.1 Å². The first-order valence-electron chi connectivity index (χ1n) is 11.1. The minimum atomic E-state index is -3.97. The molecule has 3 aromatic rings. The van der Waals surface area contributed by atoms with E-state index >= 15 is 0 Å². The number of halogens is 1. The monoisotopic (exact) mass is 528 g/mol. The Hall–Kier alpha value is -3.52. The molecule has 0 spiro atoms. The number of aromatic nitrogens is 1. The van der Waals surface area contributed by atoms with E-state index in [0.717, 1.165) is 5.56 Å². The van der Waals surface area contributed by atoms with Crippen LogP contribution in [0.5, 0.6) is 11.5 Å². The quantitative estimate of drug-likeness (QED) is 0.473. The zero-order chi connectivity index (χ0) is 25.9. The van der Waals surface area contributed by atoms with Crippen LogP contribution in [0, 0.1) is 11.3 Å². The van der Waals surface area contributed by atoms with Crippen LogP contribution in [0.2, 0.25) is 5.02 Å². The Labute approximate surface area is 214 Å². The minimum absolute atomic E-state index is 0.0275. The molecule has 2 heterocycles. The lowest BCUT2D eigenvalue weighted by Gasteiger charge is -2.39. The van der Waals surface area contributed by atoms with Gasteiger partial charge in [0.05, 0.1) is 42.2 Å². The van der Waals surface area contributed by atoms with Crippen LogP contribution in [0.4, 0.5) is 11.5 Å². The van der Waals surface area contributed by atoms with Crippen LogP contribution < -0.4 is 19.1 Å². The van der Waals surface area contributed by atoms with E-state index in [4.69, 9.17) is 21.1 Å². The molecule has 1 aromatic heterocycles. The summed E-state index contributed by atoms with van der Waals surface area (Å²) in [5, 5.41) is 21.5. The van der Waals surface area contributed by atoms with Crippen molar-refractivity contribution < 1.29 is 23.0 Å². The van der Waals surface area contributed by atoms with E-state index in [1.165, 1.54) is 44.7 Å². The maximum atomic E-state index is 12.9. The average molecular weight is 529 g/mol. The Morgan fingerprint density at radius 3 is 2.36 bits per heavy atom. The maximum Gasteiger partial charge on any atom is 0.262 e.